The van der Waals surface area contributed by atoms with Crippen molar-refractivity contribution < 1.29 is 0 Å². The van der Waals surface area contributed by atoms with Gasteiger partial charge in [-0.25, -0.2) is 0 Å². The first kappa shape index (κ1) is 14.1. The summed E-state index contributed by atoms with van der Waals surface area (Å²) >= 11 is 0. The lowest BCUT2D eigenvalue weighted by atomic mass is 10.00. The molecule has 0 saturated heterocycles. The molecular formula is C18H28N2. The summed E-state index contributed by atoms with van der Waals surface area (Å²) in [6.07, 6.45) is 6.79. The zero-order valence-electron chi connectivity index (χ0n) is 12.7. The molecule has 0 aliphatic heterocycles. The van der Waals surface area contributed by atoms with Crippen molar-refractivity contribution in [3.8, 4) is 0 Å². The Hall–Kier alpha value is -0.860. The van der Waals surface area contributed by atoms with Crippen LogP contribution < -0.4 is 5.73 Å². The van der Waals surface area contributed by atoms with Crippen LogP contribution in [0.4, 0.5) is 0 Å². The maximum Gasteiger partial charge on any atom is 0.0470 e. The quantitative estimate of drug-likeness (QED) is 0.782. The molecule has 2 heteroatoms. The molecule has 110 valence electrons. The van der Waals surface area contributed by atoms with Gasteiger partial charge in [-0.2, -0.15) is 0 Å². The second kappa shape index (κ2) is 6.28. The van der Waals surface area contributed by atoms with Gasteiger partial charge in [0.25, 0.3) is 0 Å². The molecule has 2 aliphatic rings. The topological polar surface area (TPSA) is 29.3 Å². The highest BCUT2D eigenvalue weighted by Crippen LogP contribution is 2.41. The van der Waals surface area contributed by atoms with Crippen LogP contribution in [0.15, 0.2) is 24.3 Å². The van der Waals surface area contributed by atoms with Gasteiger partial charge >= 0.3 is 0 Å². The monoisotopic (exact) mass is 272 g/mol. The third-order valence-corrected chi connectivity index (χ3v) is 4.71. The standard InChI is InChI=1S/C18H28N2/c1-2-10-20(13-14-6-7-14)18(12-19)17-5-3-4-16(11-17)15-8-9-15/h3-5,11,14-15,18H,2,6-10,12-13,19H2,1H3. The van der Waals surface area contributed by atoms with Crippen LogP contribution in [0.5, 0.6) is 0 Å². The van der Waals surface area contributed by atoms with Crippen LogP contribution in [0.25, 0.3) is 0 Å². The molecule has 2 nitrogen and oxygen atoms in total. The molecule has 20 heavy (non-hydrogen) atoms. The van der Waals surface area contributed by atoms with Gasteiger partial charge in [0, 0.05) is 19.1 Å². The Morgan fingerprint density at radius 2 is 2.05 bits per heavy atom. The highest BCUT2D eigenvalue weighted by Gasteiger charge is 2.29. The minimum atomic E-state index is 0.411. The molecule has 0 heterocycles. The maximum atomic E-state index is 6.13. The minimum absolute atomic E-state index is 0.411. The van der Waals surface area contributed by atoms with Crippen molar-refractivity contribution in [2.75, 3.05) is 19.6 Å². The molecule has 2 aliphatic carbocycles. The number of rotatable bonds is 8. The smallest absolute Gasteiger partial charge is 0.0470 e. The van der Waals surface area contributed by atoms with E-state index in [2.05, 4.69) is 36.1 Å². The third-order valence-electron chi connectivity index (χ3n) is 4.71. The number of benzene rings is 1. The van der Waals surface area contributed by atoms with Gasteiger partial charge in [0.1, 0.15) is 0 Å². The summed E-state index contributed by atoms with van der Waals surface area (Å²) in [6.45, 7) is 5.42. The Kier molecular flexibility index (Phi) is 4.42. The molecule has 3 rings (SSSR count). The number of hydrogen-bond donors (Lipinski definition) is 1. The first-order valence-electron chi connectivity index (χ1n) is 8.35. The molecule has 0 bridgehead atoms. The molecule has 1 aromatic carbocycles. The van der Waals surface area contributed by atoms with Crippen LogP contribution in [-0.2, 0) is 0 Å². The van der Waals surface area contributed by atoms with Gasteiger partial charge in [-0.05, 0) is 61.6 Å². The van der Waals surface area contributed by atoms with E-state index in [1.54, 1.807) is 0 Å². The van der Waals surface area contributed by atoms with E-state index in [9.17, 15) is 0 Å². The molecule has 2 saturated carbocycles. The minimum Gasteiger partial charge on any atom is -0.329 e. The summed E-state index contributed by atoms with van der Waals surface area (Å²) in [7, 11) is 0. The largest absolute Gasteiger partial charge is 0.329 e. The molecule has 0 amide bonds. The zero-order chi connectivity index (χ0) is 13.9. The lowest BCUT2D eigenvalue weighted by Gasteiger charge is -2.31. The Balaban J connectivity index is 1.76. The van der Waals surface area contributed by atoms with Crippen molar-refractivity contribution in [3.05, 3.63) is 35.4 Å². The Bertz CT molecular complexity index is 435. The Morgan fingerprint density at radius 3 is 2.65 bits per heavy atom. The van der Waals surface area contributed by atoms with Gasteiger partial charge < -0.3 is 5.73 Å². The fourth-order valence-corrected chi connectivity index (χ4v) is 3.23. The van der Waals surface area contributed by atoms with Crippen molar-refractivity contribution in [3.63, 3.8) is 0 Å². The molecule has 1 aromatic rings. The normalized spacial score (nSPS) is 20.4. The Labute approximate surface area is 123 Å². The molecule has 2 fully saturated rings. The van der Waals surface area contributed by atoms with Crippen molar-refractivity contribution >= 4 is 0 Å². The SMILES string of the molecule is CCCN(CC1CC1)C(CN)c1cccc(C2CC2)c1. The van der Waals surface area contributed by atoms with Gasteiger partial charge in [-0.1, -0.05) is 31.2 Å². The molecule has 0 spiro atoms. The predicted octanol–water partition coefficient (Wildman–Crippen LogP) is 3.69. The average molecular weight is 272 g/mol. The molecule has 1 atom stereocenters. The molecular weight excluding hydrogens is 244 g/mol. The summed E-state index contributed by atoms with van der Waals surface area (Å²) < 4.78 is 0. The predicted molar refractivity (Wildman–Crippen MR) is 84.8 cm³/mol. The summed E-state index contributed by atoms with van der Waals surface area (Å²) in [5.41, 5.74) is 9.10. The van der Waals surface area contributed by atoms with Gasteiger partial charge in [-0.15, -0.1) is 0 Å². The van der Waals surface area contributed by atoms with E-state index in [0.717, 1.165) is 18.4 Å². The van der Waals surface area contributed by atoms with Crippen molar-refractivity contribution in [2.45, 2.75) is 51.0 Å². The summed E-state index contributed by atoms with van der Waals surface area (Å²) in [4.78, 5) is 2.63. The van der Waals surface area contributed by atoms with E-state index in [0.29, 0.717) is 6.04 Å². The summed E-state index contributed by atoms with van der Waals surface area (Å²) in [6, 6.07) is 9.63. The van der Waals surface area contributed by atoms with Crippen molar-refractivity contribution in [1.82, 2.24) is 4.90 Å². The first-order valence-corrected chi connectivity index (χ1v) is 8.35. The number of nitrogens with two attached hydrogens (primary N) is 1. The highest BCUT2D eigenvalue weighted by atomic mass is 15.2. The van der Waals surface area contributed by atoms with Gasteiger partial charge in [0.2, 0.25) is 0 Å². The summed E-state index contributed by atoms with van der Waals surface area (Å²) in [5, 5.41) is 0. The first-order chi connectivity index (χ1) is 9.81. The lowest BCUT2D eigenvalue weighted by Crippen LogP contribution is -2.36. The van der Waals surface area contributed by atoms with E-state index in [-0.39, 0.29) is 0 Å². The average Bonchev–Trinajstić information content (AvgIpc) is 3.34. The van der Waals surface area contributed by atoms with Crippen LogP contribution in [-0.4, -0.2) is 24.5 Å². The zero-order valence-corrected chi connectivity index (χ0v) is 12.7. The van der Waals surface area contributed by atoms with Crippen molar-refractivity contribution in [1.29, 1.82) is 0 Å². The number of hydrogen-bond acceptors (Lipinski definition) is 2. The van der Waals surface area contributed by atoms with Gasteiger partial charge in [0.05, 0.1) is 0 Å². The third kappa shape index (κ3) is 3.42. The van der Waals surface area contributed by atoms with Crippen LogP contribution >= 0.6 is 0 Å². The fraction of sp³-hybridized carbons (Fsp3) is 0.667. The van der Waals surface area contributed by atoms with E-state index in [1.807, 2.05) is 0 Å². The lowest BCUT2D eigenvalue weighted by molar-refractivity contribution is 0.193. The molecule has 0 aromatic heterocycles. The van der Waals surface area contributed by atoms with Gasteiger partial charge in [-0.3, -0.25) is 4.90 Å². The highest BCUT2D eigenvalue weighted by molar-refractivity contribution is 5.31. The van der Waals surface area contributed by atoms with E-state index in [1.165, 1.54) is 56.3 Å². The van der Waals surface area contributed by atoms with Crippen LogP contribution in [0.1, 0.15) is 62.1 Å². The van der Waals surface area contributed by atoms with Crippen LogP contribution in [0, 0.1) is 5.92 Å². The molecule has 2 N–H and O–H groups in total. The van der Waals surface area contributed by atoms with E-state index < -0.39 is 0 Å². The Morgan fingerprint density at radius 1 is 1.25 bits per heavy atom. The molecule has 0 radical (unpaired) electrons. The van der Waals surface area contributed by atoms with Gasteiger partial charge in [0.15, 0.2) is 0 Å². The second-order valence-electron chi connectivity index (χ2n) is 6.63. The maximum absolute atomic E-state index is 6.13. The number of nitrogens with zero attached hydrogens (tertiary/aromatic N) is 1. The van der Waals surface area contributed by atoms with Crippen LogP contribution in [0.2, 0.25) is 0 Å². The van der Waals surface area contributed by atoms with E-state index in [4.69, 9.17) is 5.73 Å². The van der Waals surface area contributed by atoms with Crippen LogP contribution in [0.3, 0.4) is 0 Å². The molecule has 1 unspecified atom stereocenters. The second-order valence-corrected chi connectivity index (χ2v) is 6.63. The summed E-state index contributed by atoms with van der Waals surface area (Å²) in [5.74, 6) is 1.76. The fourth-order valence-electron chi connectivity index (χ4n) is 3.23. The van der Waals surface area contributed by atoms with Crippen molar-refractivity contribution in [2.24, 2.45) is 11.7 Å². The van der Waals surface area contributed by atoms with E-state index >= 15 is 0 Å².